The molecule has 10 rings (SSSR count). The first-order valence-corrected chi connectivity index (χ1v) is 16.3. The van der Waals surface area contributed by atoms with Gasteiger partial charge < -0.3 is 8.98 Å². The maximum atomic E-state index is 6.62. The fraction of sp³-hybridized carbons (Fsp3) is 0. The van der Waals surface area contributed by atoms with E-state index in [0.717, 1.165) is 49.8 Å². The maximum absolute atomic E-state index is 6.62. The lowest BCUT2D eigenvalue weighted by Gasteiger charge is -2.11. The maximum Gasteiger partial charge on any atom is 0.137 e. The minimum Gasteiger partial charge on any atom is -0.456 e. The summed E-state index contributed by atoms with van der Waals surface area (Å²) in [6.07, 6.45) is 0. The number of benzene rings is 7. The Bertz CT molecular complexity index is 2830. The van der Waals surface area contributed by atoms with E-state index in [2.05, 4.69) is 174 Å². The molecule has 0 fully saturated rings. The van der Waals surface area contributed by atoms with Gasteiger partial charge in [0, 0.05) is 44.2 Å². The van der Waals surface area contributed by atoms with Gasteiger partial charge in [0.2, 0.25) is 0 Å². The van der Waals surface area contributed by atoms with Gasteiger partial charge in [-0.25, -0.2) is 4.98 Å². The van der Waals surface area contributed by atoms with Gasteiger partial charge in [0.25, 0.3) is 0 Å². The summed E-state index contributed by atoms with van der Waals surface area (Å²) in [7, 11) is 0. The first-order valence-electron chi connectivity index (χ1n) is 16.3. The van der Waals surface area contributed by atoms with Crippen LogP contribution in [0.5, 0.6) is 0 Å². The first-order chi connectivity index (χ1) is 23.8. The quantitative estimate of drug-likeness (QED) is 0.198. The van der Waals surface area contributed by atoms with Crippen molar-refractivity contribution in [1.29, 1.82) is 0 Å². The molecule has 3 heterocycles. The van der Waals surface area contributed by atoms with Gasteiger partial charge in [-0.2, -0.15) is 0 Å². The second-order valence-electron chi connectivity index (χ2n) is 12.3. The minimum absolute atomic E-state index is 0.852. The third kappa shape index (κ3) is 4.11. The molecule has 0 aliphatic rings. The van der Waals surface area contributed by atoms with Crippen LogP contribution in [-0.4, -0.2) is 9.55 Å². The van der Waals surface area contributed by atoms with Crippen molar-refractivity contribution in [2.45, 2.75) is 0 Å². The van der Waals surface area contributed by atoms with Crippen molar-refractivity contribution in [2.24, 2.45) is 0 Å². The molecule has 224 valence electrons. The lowest BCUT2D eigenvalue weighted by atomic mass is 9.96. The SMILES string of the molecule is c1ccc(-c2ccc3c(c2)c2ccccc2n3-c2ccc3c(c2)oc2cccc(-c4cc(-c5ccccc5)c5ccccc5n4)c23)cc1. The third-order valence-corrected chi connectivity index (χ3v) is 9.60. The van der Waals surface area contributed by atoms with E-state index in [4.69, 9.17) is 9.40 Å². The van der Waals surface area contributed by atoms with E-state index in [9.17, 15) is 0 Å². The van der Waals surface area contributed by atoms with Gasteiger partial charge in [-0.3, -0.25) is 0 Å². The average Bonchev–Trinajstić information content (AvgIpc) is 3.70. The van der Waals surface area contributed by atoms with E-state index in [1.54, 1.807) is 0 Å². The largest absolute Gasteiger partial charge is 0.456 e. The molecule has 0 radical (unpaired) electrons. The molecule has 0 amide bonds. The molecule has 7 aromatic carbocycles. The third-order valence-electron chi connectivity index (χ3n) is 9.60. The van der Waals surface area contributed by atoms with Crippen LogP contribution >= 0.6 is 0 Å². The van der Waals surface area contributed by atoms with Crippen LogP contribution in [-0.2, 0) is 0 Å². The molecule has 0 aliphatic carbocycles. The molecule has 0 spiro atoms. The Morgan fingerprint density at radius 3 is 2.00 bits per heavy atom. The molecular formula is C45H28N2O. The molecule has 0 aliphatic heterocycles. The van der Waals surface area contributed by atoms with Gasteiger partial charge in [0.1, 0.15) is 11.2 Å². The first kappa shape index (κ1) is 26.7. The fourth-order valence-electron chi connectivity index (χ4n) is 7.40. The van der Waals surface area contributed by atoms with Crippen LogP contribution in [0, 0.1) is 0 Å². The highest BCUT2D eigenvalue weighted by Crippen LogP contribution is 2.41. The Morgan fingerprint density at radius 2 is 1.15 bits per heavy atom. The Labute approximate surface area is 277 Å². The number of aromatic nitrogens is 2. The number of nitrogens with zero attached hydrogens (tertiary/aromatic N) is 2. The van der Waals surface area contributed by atoms with Crippen LogP contribution in [0.1, 0.15) is 0 Å². The van der Waals surface area contributed by atoms with Crippen molar-refractivity contribution in [3.05, 3.63) is 170 Å². The van der Waals surface area contributed by atoms with Crippen LogP contribution in [0.25, 0.3) is 93.8 Å². The summed E-state index contributed by atoms with van der Waals surface area (Å²) in [6.45, 7) is 0. The fourth-order valence-corrected chi connectivity index (χ4v) is 7.40. The van der Waals surface area contributed by atoms with Crippen molar-refractivity contribution in [2.75, 3.05) is 0 Å². The highest BCUT2D eigenvalue weighted by atomic mass is 16.3. The number of hydrogen-bond acceptors (Lipinski definition) is 2. The zero-order valence-electron chi connectivity index (χ0n) is 26.0. The lowest BCUT2D eigenvalue weighted by Crippen LogP contribution is -1.93. The van der Waals surface area contributed by atoms with Gasteiger partial charge in [-0.05, 0) is 70.8 Å². The molecule has 0 N–H and O–H groups in total. The van der Waals surface area contributed by atoms with Gasteiger partial charge in [-0.15, -0.1) is 0 Å². The van der Waals surface area contributed by atoms with Crippen molar-refractivity contribution in [1.82, 2.24) is 9.55 Å². The van der Waals surface area contributed by atoms with Gasteiger partial charge in [0.15, 0.2) is 0 Å². The highest BCUT2D eigenvalue weighted by Gasteiger charge is 2.18. The van der Waals surface area contributed by atoms with E-state index >= 15 is 0 Å². The van der Waals surface area contributed by atoms with Crippen molar-refractivity contribution < 1.29 is 4.42 Å². The summed E-state index contributed by atoms with van der Waals surface area (Å²) in [5.41, 5.74) is 12.9. The predicted molar refractivity (Wildman–Crippen MR) is 200 cm³/mol. The van der Waals surface area contributed by atoms with Crippen LogP contribution < -0.4 is 0 Å². The normalized spacial score (nSPS) is 11.8. The number of hydrogen-bond donors (Lipinski definition) is 0. The zero-order valence-corrected chi connectivity index (χ0v) is 26.0. The van der Waals surface area contributed by atoms with E-state index < -0.39 is 0 Å². The average molecular weight is 613 g/mol. The van der Waals surface area contributed by atoms with E-state index in [1.165, 1.54) is 44.1 Å². The molecule has 3 heteroatoms. The second kappa shape index (κ2) is 10.5. The van der Waals surface area contributed by atoms with E-state index in [0.29, 0.717) is 0 Å². The Balaban J connectivity index is 1.17. The van der Waals surface area contributed by atoms with Gasteiger partial charge >= 0.3 is 0 Å². The number of fused-ring (bicyclic) bond motifs is 7. The molecule has 0 saturated carbocycles. The molecule has 48 heavy (non-hydrogen) atoms. The predicted octanol–water partition coefficient (Wildman–Crippen LogP) is 12.2. The Hall–Kier alpha value is -6.45. The molecular weight excluding hydrogens is 585 g/mol. The Kier molecular flexibility index (Phi) is 5.87. The Morgan fingerprint density at radius 1 is 0.417 bits per heavy atom. The summed E-state index contributed by atoms with van der Waals surface area (Å²) >= 11 is 0. The standard InChI is InChI=1S/C45H28N2O/c1-3-12-29(13-4-1)31-22-25-42-38(26-31)34-17-8-10-20-41(34)47(42)32-23-24-36-44(27-32)48-43-21-11-18-35(45(36)43)40-28-37(30-14-5-2-6-15-30)33-16-7-9-19-39(33)46-40/h1-28H. The molecule has 0 bridgehead atoms. The van der Waals surface area contributed by atoms with Crippen molar-refractivity contribution in [3.8, 4) is 39.2 Å². The van der Waals surface area contributed by atoms with Crippen LogP contribution in [0.3, 0.4) is 0 Å². The summed E-state index contributed by atoms with van der Waals surface area (Å²) in [6, 6.07) is 60.1. The van der Waals surface area contributed by atoms with E-state index in [-0.39, 0.29) is 0 Å². The smallest absolute Gasteiger partial charge is 0.137 e. The summed E-state index contributed by atoms with van der Waals surface area (Å²) < 4.78 is 8.97. The molecule has 3 aromatic heterocycles. The summed E-state index contributed by atoms with van der Waals surface area (Å²) in [5.74, 6) is 0. The van der Waals surface area contributed by atoms with Crippen molar-refractivity contribution in [3.63, 3.8) is 0 Å². The highest BCUT2D eigenvalue weighted by molar-refractivity contribution is 6.14. The summed E-state index contributed by atoms with van der Waals surface area (Å²) in [4.78, 5) is 5.18. The number of pyridine rings is 1. The van der Waals surface area contributed by atoms with Gasteiger partial charge in [0.05, 0.1) is 22.2 Å². The zero-order chi connectivity index (χ0) is 31.6. The van der Waals surface area contributed by atoms with Crippen LogP contribution in [0.2, 0.25) is 0 Å². The molecule has 3 nitrogen and oxygen atoms in total. The molecule has 0 atom stereocenters. The molecule has 0 unspecified atom stereocenters. The lowest BCUT2D eigenvalue weighted by molar-refractivity contribution is 0.668. The number of rotatable bonds is 4. The molecule has 0 saturated heterocycles. The topological polar surface area (TPSA) is 31.0 Å². The monoisotopic (exact) mass is 612 g/mol. The molecule has 10 aromatic rings. The van der Waals surface area contributed by atoms with Crippen LogP contribution in [0.4, 0.5) is 0 Å². The number of para-hydroxylation sites is 2. The van der Waals surface area contributed by atoms with Crippen LogP contribution in [0.15, 0.2) is 174 Å². The van der Waals surface area contributed by atoms with E-state index in [1.807, 2.05) is 0 Å². The number of furan rings is 1. The second-order valence-corrected chi connectivity index (χ2v) is 12.3. The minimum atomic E-state index is 0.852. The van der Waals surface area contributed by atoms with Crippen molar-refractivity contribution >= 4 is 54.6 Å². The summed E-state index contributed by atoms with van der Waals surface area (Å²) in [5, 5.41) is 5.76. The van der Waals surface area contributed by atoms with Gasteiger partial charge in [-0.1, -0.05) is 115 Å².